The van der Waals surface area contributed by atoms with Crippen LogP contribution in [0.15, 0.2) is 11.4 Å². The first-order valence-corrected chi connectivity index (χ1v) is 9.14. The normalized spacial score (nSPS) is 19.0. The monoisotopic (exact) mass is 328 g/mol. The number of rotatable bonds is 5. The number of carbonyl (C=O) groups excluding carboxylic acids is 1. The number of urea groups is 1. The van der Waals surface area contributed by atoms with Gasteiger partial charge in [-0.2, -0.15) is 11.8 Å². The number of fused-ring (bicyclic) bond motifs is 1. The van der Waals surface area contributed by atoms with Crippen molar-refractivity contribution in [1.29, 1.82) is 0 Å². The Balaban J connectivity index is 2.05. The topological polar surface area (TPSA) is 69.6 Å². The summed E-state index contributed by atoms with van der Waals surface area (Å²) >= 11 is 3.30. The molecule has 0 aliphatic carbocycles. The van der Waals surface area contributed by atoms with Crippen molar-refractivity contribution in [2.24, 2.45) is 5.92 Å². The molecule has 0 fully saturated rings. The molecule has 1 aliphatic heterocycles. The number of thiophene rings is 1. The summed E-state index contributed by atoms with van der Waals surface area (Å²) < 4.78 is 0. The summed E-state index contributed by atoms with van der Waals surface area (Å²) in [4.78, 5) is 26.4. The minimum absolute atomic E-state index is 0.285. The molecule has 2 N–H and O–H groups in total. The molecule has 1 aromatic heterocycles. The Morgan fingerprint density at radius 3 is 3.05 bits per heavy atom. The van der Waals surface area contributed by atoms with Crippen LogP contribution in [0.3, 0.4) is 0 Å². The van der Waals surface area contributed by atoms with Crippen molar-refractivity contribution in [2.45, 2.75) is 19.4 Å². The molecule has 0 radical (unpaired) electrons. The van der Waals surface area contributed by atoms with Crippen molar-refractivity contribution < 1.29 is 14.7 Å². The van der Waals surface area contributed by atoms with Gasteiger partial charge in [-0.1, -0.05) is 6.92 Å². The van der Waals surface area contributed by atoms with Gasteiger partial charge >= 0.3 is 12.0 Å². The van der Waals surface area contributed by atoms with Gasteiger partial charge in [-0.25, -0.2) is 9.59 Å². The quantitative estimate of drug-likeness (QED) is 0.871. The van der Waals surface area contributed by atoms with Crippen LogP contribution >= 0.6 is 23.1 Å². The average Bonchev–Trinajstić information content (AvgIpc) is 2.91. The van der Waals surface area contributed by atoms with E-state index in [4.69, 9.17) is 0 Å². The predicted molar refractivity (Wildman–Crippen MR) is 86.1 cm³/mol. The summed E-state index contributed by atoms with van der Waals surface area (Å²) in [5.41, 5.74) is 0.756. The average molecular weight is 328 g/mol. The lowest BCUT2D eigenvalue weighted by Gasteiger charge is -2.33. The van der Waals surface area contributed by atoms with Crippen molar-refractivity contribution >= 4 is 35.1 Å². The summed E-state index contributed by atoms with van der Waals surface area (Å²) in [6.07, 6.45) is 2.76. The van der Waals surface area contributed by atoms with Crippen LogP contribution in [-0.2, 0) is 11.2 Å². The number of hydrogen-bond donors (Lipinski definition) is 2. The third-order valence-corrected chi connectivity index (χ3v) is 5.41. The highest BCUT2D eigenvalue weighted by Gasteiger charge is 2.36. The maximum Gasteiger partial charge on any atom is 0.331 e. The number of carboxylic acids is 1. The molecule has 2 unspecified atom stereocenters. The summed E-state index contributed by atoms with van der Waals surface area (Å²) in [7, 11) is 0. The largest absolute Gasteiger partial charge is 0.479 e. The van der Waals surface area contributed by atoms with Crippen LogP contribution in [0.1, 0.15) is 23.4 Å². The molecule has 7 heteroatoms. The SMILES string of the molecule is CSCC(C)CNC(=O)N1CCc2sccc2C1C(=O)O. The maximum absolute atomic E-state index is 12.3. The minimum atomic E-state index is -0.971. The van der Waals surface area contributed by atoms with E-state index in [2.05, 4.69) is 12.2 Å². The first kappa shape index (κ1) is 16.2. The number of carboxylic acid groups (broad SMARTS) is 1. The molecule has 1 aliphatic rings. The minimum Gasteiger partial charge on any atom is -0.479 e. The third-order valence-electron chi connectivity index (χ3n) is 3.51. The van der Waals surface area contributed by atoms with Gasteiger partial charge in [0.05, 0.1) is 0 Å². The zero-order valence-electron chi connectivity index (χ0n) is 12.2. The zero-order chi connectivity index (χ0) is 15.4. The fraction of sp³-hybridized carbons (Fsp3) is 0.571. The Labute approximate surface area is 132 Å². The Morgan fingerprint density at radius 1 is 1.62 bits per heavy atom. The van der Waals surface area contributed by atoms with Crippen molar-refractivity contribution in [3.05, 3.63) is 21.9 Å². The highest BCUT2D eigenvalue weighted by atomic mass is 32.2. The Morgan fingerprint density at radius 2 is 2.38 bits per heavy atom. The summed E-state index contributed by atoms with van der Waals surface area (Å²) in [6.45, 7) is 3.09. The van der Waals surface area contributed by atoms with Crippen molar-refractivity contribution in [1.82, 2.24) is 10.2 Å². The van der Waals surface area contributed by atoms with Crippen molar-refractivity contribution in [2.75, 3.05) is 25.1 Å². The number of carbonyl (C=O) groups is 2. The predicted octanol–water partition coefficient (Wildman–Crippen LogP) is 2.44. The lowest BCUT2D eigenvalue weighted by molar-refractivity contribution is -0.142. The number of thioether (sulfide) groups is 1. The van der Waals surface area contributed by atoms with E-state index in [1.807, 2.05) is 17.7 Å². The fourth-order valence-electron chi connectivity index (χ4n) is 2.51. The molecule has 2 rings (SSSR count). The number of aliphatic carboxylic acids is 1. The van der Waals surface area contributed by atoms with E-state index in [0.717, 1.165) is 22.6 Å². The van der Waals surface area contributed by atoms with Gasteiger partial charge in [0.2, 0.25) is 0 Å². The van der Waals surface area contributed by atoms with Crippen LogP contribution in [0.5, 0.6) is 0 Å². The summed E-state index contributed by atoms with van der Waals surface area (Å²) in [5, 5.41) is 14.2. The summed E-state index contributed by atoms with van der Waals surface area (Å²) in [5.74, 6) is 0.368. The van der Waals surface area contributed by atoms with Crippen molar-refractivity contribution in [3.8, 4) is 0 Å². The summed E-state index contributed by atoms with van der Waals surface area (Å²) in [6, 6.07) is 0.664. The lowest BCUT2D eigenvalue weighted by Crippen LogP contribution is -2.48. The Bertz CT molecular complexity index is 518. The van der Waals surface area contributed by atoms with Gasteiger partial charge < -0.3 is 15.3 Å². The Hall–Kier alpha value is -1.21. The highest BCUT2D eigenvalue weighted by Crippen LogP contribution is 2.33. The van der Waals surface area contributed by atoms with E-state index < -0.39 is 12.0 Å². The molecule has 0 saturated carbocycles. The molecule has 0 aromatic carbocycles. The maximum atomic E-state index is 12.3. The lowest BCUT2D eigenvalue weighted by atomic mass is 10.0. The smallest absolute Gasteiger partial charge is 0.331 e. The van der Waals surface area contributed by atoms with Gasteiger partial charge in [0, 0.05) is 18.0 Å². The molecule has 21 heavy (non-hydrogen) atoms. The van der Waals surface area contributed by atoms with Crippen LogP contribution < -0.4 is 5.32 Å². The van der Waals surface area contributed by atoms with E-state index in [1.54, 1.807) is 23.1 Å². The van der Waals surface area contributed by atoms with Gasteiger partial charge in [-0.15, -0.1) is 11.3 Å². The molecular weight excluding hydrogens is 308 g/mol. The standard InChI is InChI=1S/C14H20N2O3S2/c1-9(8-20-2)7-15-14(19)16-5-3-11-10(4-6-21-11)12(16)13(17)18/h4,6,9,12H,3,5,7-8H2,1-2H3,(H,15,19)(H,17,18). The number of nitrogens with zero attached hydrogens (tertiary/aromatic N) is 1. The number of amides is 2. The molecule has 0 spiro atoms. The third kappa shape index (κ3) is 3.71. The molecule has 0 saturated heterocycles. The second-order valence-corrected chi connectivity index (χ2v) is 7.14. The van der Waals surface area contributed by atoms with Gasteiger partial charge in [-0.3, -0.25) is 0 Å². The molecule has 5 nitrogen and oxygen atoms in total. The van der Waals surface area contributed by atoms with E-state index in [9.17, 15) is 14.7 Å². The first-order chi connectivity index (χ1) is 10.0. The van der Waals surface area contributed by atoms with E-state index >= 15 is 0 Å². The second-order valence-electron chi connectivity index (χ2n) is 5.23. The fourth-order valence-corrected chi connectivity index (χ4v) is 4.10. The molecule has 2 amide bonds. The zero-order valence-corrected chi connectivity index (χ0v) is 13.8. The Kier molecular flexibility index (Phi) is 5.52. The van der Waals surface area contributed by atoms with Gasteiger partial charge in [-0.05, 0) is 41.4 Å². The molecule has 2 atom stereocenters. The van der Waals surface area contributed by atoms with E-state index in [1.165, 1.54) is 4.90 Å². The van der Waals surface area contributed by atoms with Crippen LogP contribution in [0.25, 0.3) is 0 Å². The van der Waals surface area contributed by atoms with Crippen LogP contribution in [-0.4, -0.2) is 47.1 Å². The molecule has 2 heterocycles. The molecule has 0 bridgehead atoms. The second kappa shape index (κ2) is 7.17. The molecular formula is C14H20N2O3S2. The highest BCUT2D eigenvalue weighted by molar-refractivity contribution is 7.98. The van der Waals surface area contributed by atoms with E-state index in [0.29, 0.717) is 19.0 Å². The first-order valence-electron chi connectivity index (χ1n) is 6.87. The molecule has 116 valence electrons. The van der Waals surface area contributed by atoms with Crippen LogP contribution in [0.4, 0.5) is 4.79 Å². The number of hydrogen-bond acceptors (Lipinski definition) is 4. The van der Waals surface area contributed by atoms with Crippen molar-refractivity contribution in [3.63, 3.8) is 0 Å². The van der Waals surface area contributed by atoms with Gasteiger partial charge in [0.15, 0.2) is 6.04 Å². The van der Waals surface area contributed by atoms with Gasteiger partial charge in [0.25, 0.3) is 0 Å². The van der Waals surface area contributed by atoms with Crippen LogP contribution in [0, 0.1) is 5.92 Å². The molecule has 1 aromatic rings. The van der Waals surface area contributed by atoms with E-state index in [-0.39, 0.29) is 6.03 Å². The van der Waals surface area contributed by atoms with Gasteiger partial charge in [0.1, 0.15) is 0 Å². The number of nitrogens with one attached hydrogen (secondary N) is 1. The van der Waals surface area contributed by atoms with Crippen LogP contribution in [0.2, 0.25) is 0 Å².